The fraction of sp³-hybridized carbons (Fsp3) is 0.688. The number of carbonyl (C=O) groups excluding carboxylic acids is 1. The maximum Gasteiger partial charge on any atom is 0.172 e. The lowest BCUT2D eigenvalue weighted by Crippen LogP contribution is -2.50. The molecule has 102 valence electrons. The molecule has 1 aromatic rings. The van der Waals surface area contributed by atoms with Crippen molar-refractivity contribution < 1.29 is 13.9 Å². The highest BCUT2D eigenvalue weighted by Gasteiger charge is 2.84. The minimum Gasteiger partial charge on any atom is -0.472 e. The molecule has 1 aliphatic heterocycles. The SMILES string of the molecule is CC1(C)CCC[C@]2(C)[C@@H](c3ccoc3)C(=O)[C@@H]3O[C@]312. The van der Waals surface area contributed by atoms with Crippen LogP contribution in [0.4, 0.5) is 0 Å². The van der Waals surface area contributed by atoms with Gasteiger partial charge in [-0.25, -0.2) is 0 Å². The zero-order valence-corrected chi connectivity index (χ0v) is 11.7. The molecule has 0 bridgehead atoms. The van der Waals surface area contributed by atoms with E-state index in [-0.39, 0.29) is 34.2 Å². The van der Waals surface area contributed by atoms with Gasteiger partial charge in [-0.1, -0.05) is 27.2 Å². The van der Waals surface area contributed by atoms with Crippen LogP contribution < -0.4 is 0 Å². The van der Waals surface area contributed by atoms with Crippen LogP contribution in [-0.4, -0.2) is 17.5 Å². The first-order valence-electron chi connectivity index (χ1n) is 7.18. The summed E-state index contributed by atoms with van der Waals surface area (Å²) in [6, 6.07) is 1.94. The Morgan fingerprint density at radius 3 is 2.74 bits per heavy atom. The number of ether oxygens (including phenoxy) is 1. The van der Waals surface area contributed by atoms with E-state index in [9.17, 15) is 4.79 Å². The maximum absolute atomic E-state index is 12.7. The Balaban J connectivity index is 1.88. The third-order valence-electron chi connectivity index (χ3n) is 6.02. The highest BCUT2D eigenvalue weighted by molar-refractivity contribution is 5.98. The third kappa shape index (κ3) is 1.08. The molecular formula is C16H20O3. The van der Waals surface area contributed by atoms with Crippen LogP contribution >= 0.6 is 0 Å². The lowest BCUT2D eigenvalue weighted by molar-refractivity contribution is -0.127. The van der Waals surface area contributed by atoms with Crippen LogP contribution in [0.2, 0.25) is 0 Å². The standard InChI is InChI=1S/C16H20O3/c1-14(2)6-4-7-15(3)11(10-5-8-18-9-10)12(17)13-16(14,15)19-13/h5,8-9,11,13H,4,6-7H2,1-3H3/t11-,13-,15+,16+/m0/s1. The van der Waals surface area contributed by atoms with Crippen LogP contribution in [0.25, 0.3) is 0 Å². The van der Waals surface area contributed by atoms with Crippen molar-refractivity contribution in [1.82, 2.24) is 0 Å². The molecule has 4 rings (SSSR count). The molecule has 3 aliphatic rings. The van der Waals surface area contributed by atoms with E-state index in [0.717, 1.165) is 18.4 Å². The average Bonchev–Trinajstić information content (AvgIpc) is 2.84. The lowest BCUT2D eigenvalue weighted by atomic mass is 9.54. The number of ketones is 1. The summed E-state index contributed by atoms with van der Waals surface area (Å²) in [5, 5.41) is 0. The predicted octanol–water partition coefficient (Wildman–Crippen LogP) is 3.30. The molecule has 3 fully saturated rings. The largest absolute Gasteiger partial charge is 0.472 e. The third-order valence-corrected chi connectivity index (χ3v) is 6.02. The van der Waals surface area contributed by atoms with Gasteiger partial charge in [0.15, 0.2) is 5.78 Å². The summed E-state index contributed by atoms with van der Waals surface area (Å²) in [5.41, 5.74) is 0.788. The van der Waals surface area contributed by atoms with E-state index in [1.807, 2.05) is 6.07 Å². The van der Waals surface area contributed by atoms with E-state index in [1.54, 1.807) is 12.5 Å². The molecule has 2 saturated carbocycles. The van der Waals surface area contributed by atoms with E-state index in [1.165, 1.54) is 6.42 Å². The first-order valence-corrected chi connectivity index (χ1v) is 7.18. The van der Waals surface area contributed by atoms with E-state index in [0.29, 0.717) is 0 Å². The normalized spacial score (nSPS) is 46.8. The first-order chi connectivity index (χ1) is 8.94. The summed E-state index contributed by atoms with van der Waals surface area (Å²) in [4.78, 5) is 12.7. The summed E-state index contributed by atoms with van der Waals surface area (Å²) in [7, 11) is 0. The molecule has 1 saturated heterocycles. The van der Waals surface area contributed by atoms with Gasteiger partial charge in [-0.05, 0) is 24.3 Å². The molecule has 0 N–H and O–H groups in total. The average molecular weight is 260 g/mol. The van der Waals surface area contributed by atoms with E-state index in [2.05, 4.69) is 20.8 Å². The second-order valence-corrected chi connectivity index (χ2v) is 7.28. The number of carbonyl (C=O) groups is 1. The van der Waals surface area contributed by atoms with Gasteiger partial charge in [0.05, 0.1) is 18.4 Å². The monoisotopic (exact) mass is 260 g/mol. The van der Waals surface area contributed by atoms with Gasteiger partial charge in [0.2, 0.25) is 0 Å². The molecule has 4 atom stereocenters. The van der Waals surface area contributed by atoms with E-state index < -0.39 is 0 Å². The van der Waals surface area contributed by atoms with Crippen molar-refractivity contribution in [2.45, 2.75) is 57.7 Å². The number of rotatable bonds is 1. The number of hydrogen-bond donors (Lipinski definition) is 0. The molecule has 0 amide bonds. The van der Waals surface area contributed by atoms with E-state index in [4.69, 9.17) is 9.15 Å². The summed E-state index contributed by atoms with van der Waals surface area (Å²) < 4.78 is 11.2. The van der Waals surface area contributed by atoms with Gasteiger partial charge in [-0.3, -0.25) is 4.79 Å². The topological polar surface area (TPSA) is 42.7 Å². The van der Waals surface area contributed by atoms with Crippen molar-refractivity contribution in [2.75, 3.05) is 0 Å². The Labute approximate surface area is 113 Å². The number of epoxide rings is 1. The van der Waals surface area contributed by atoms with Gasteiger partial charge >= 0.3 is 0 Å². The van der Waals surface area contributed by atoms with Crippen LogP contribution in [0.3, 0.4) is 0 Å². The molecular weight excluding hydrogens is 240 g/mol. The summed E-state index contributed by atoms with van der Waals surface area (Å²) >= 11 is 0. The fourth-order valence-corrected chi connectivity index (χ4v) is 5.20. The lowest BCUT2D eigenvalue weighted by Gasteiger charge is -2.49. The van der Waals surface area contributed by atoms with Gasteiger partial charge in [0, 0.05) is 11.0 Å². The zero-order chi connectivity index (χ0) is 13.5. The second-order valence-electron chi connectivity index (χ2n) is 7.28. The molecule has 0 aromatic carbocycles. The fourth-order valence-electron chi connectivity index (χ4n) is 5.20. The zero-order valence-electron chi connectivity index (χ0n) is 11.7. The predicted molar refractivity (Wildman–Crippen MR) is 69.8 cm³/mol. The first kappa shape index (κ1) is 11.7. The Bertz CT molecular complexity index is 544. The van der Waals surface area contributed by atoms with Crippen molar-refractivity contribution in [3.05, 3.63) is 24.2 Å². The van der Waals surface area contributed by atoms with Crippen molar-refractivity contribution >= 4 is 5.78 Å². The number of hydrogen-bond acceptors (Lipinski definition) is 3. The number of furan rings is 1. The Kier molecular flexibility index (Phi) is 1.94. The highest BCUT2D eigenvalue weighted by atomic mass is 16.6. The molecule has 1 aromatic heterocycles. The summed E-state index contributed by atoms with van der Waals surface area (Å²) in [6.07, 6.45) is 6.58. The second kappa shape index (κ2) is 3.14. The van der Waals surface area contributed by atoms with Crippen molar-refractivity contribution in [3.63, 3.8) is 0 Å². The quantitative estimate of drug-likeness (QED) is 0.728. The van der Waals surface area contributed by atoms with Crippen molar-refractivity contribution in [2.24, 2.45) is 10.8 Å². The van der Waals surface area contributed by atoms with Crippen molar-refractivity contribution in [3.8, 4) is 0 Å². The van der Waals surface area contributed by atoms with Gasteiger partial charge in [0.25, 0.3) is 0 Å². The maximum atomic E-state index is 12.7. The van der Waals surface area contributed by atoms with Gasteiger partial charge < -0.3 is 9.15 Å². The molecule has 0 radical (unpaired) electrons. The Morgan fingerprint density at radius 1 is 1.26 bits per heavy atom. The van der Waals surface area contributed by atoms with Crippen LogP contribution in [0.15, 0.2) is 23.0 Å². The molecule has 3 heteroatoms. The minimum atomic E-state index is -0.239. The minimum absolute atomic E-state index is 0.0513. The van der Waals surface area contributed by atoms with E-state index >= 15 is 0 Å². The van der Waals surface area contributed by atoms with Gasteiger partial charge in [0.1, 0.15) is 11.7 Å². The molecule has 0 unspecified atom stereocenters. The molecule has 2 heterocycles. The highest BCUT2D eigenvalue weighted by Crippen LogP contribution is 2.75. The number of Topliss-reactive ketones (excluding diaryl/α,β-unsaturated/α-hetero) is 1. The smallest absolute Gasteiger partial charge is 0.172 e. The van der Waals surface area contributed by atoms with Crippen LogP contribution in [0.5, 0.6) is 0 Å². The Hall–Kier alpha value is -1.09. The van der Waals surface area contributed by atoms with Gasteiger partial charge in [-0.15, -0.1) is 0 Å². The van der Waals surface area contributed by atoms with Crippen molar-refractivity contribution in [1.29, 1.82) is 0 Å². The molecule has 19 heavy (non-hydrogen) atoms. The molecule has 3 nitrogen and oxygen atoms in total. The Morgan fingerprint density at radius 2 is 2.05 bits per heavy atom. The van der Waals surface area contributed by atoms with Crippen LogP contribution in [0.1, 0.15) is 51.5 Å². The molecule has 2 aliphatic carbocycles. The van der Waals surface area contributed by atoms with Crippen LogP contribution in [-0.2, 0) is 9.53 Å². The van der Waals surface area contributed by atoms with Crippen LogP contribution in [0, 0.1) is 10.8 Å². The summed E-state index contributed by atoms with van der Waals surface area (Å²) in [6.45, 7) is 6.77. The van der Waals surface area contributed by atoms with Gasteiger partial charge in [-0.2, -0.15) is 0 Å². The molecule has 1 spiro atoms. The summed E-state index contributed by atoms with van der Waals surface area (Å²) in [5.74, 6) is 0.212.